The smallest absolute Gasteiger partial charge is 0.223 e. The third-order valence-corrected chi connectivity index (χ3v) is 9.21. The molecule has 0 aromatic carbocycles. The summed E-state index contributed by atoms with van der Waals surface area (Å²) >= 11 is 0. The Kier molecular flexibility index (Phi) is 3.72. The van der Waals surface area contributed by atoms with Crippen molar-refractivity contribution < 1.29 is 9.53 Å². The van der Waals surface area contributed by atoms with E-state index in [0.717, 1.165) is 12.5 Å². The Morgan fingerprint density at radius 2 is 1.65 bits per heavy atom. The Balaban J connectivity index is 1.37. The standard InChI is InChI=1S/C21H33N3O2/c1-26-10-6-7-15-12(8-10)16-13-9-22-21(25)18(13)17-11-4-2-3-5-14(11)23-20(17)19(16)24-15/h10-20,23-24H,2-9H2,1H3,(H,22,25). The van der Waals surface area contributed by atoms with E-state index in [-0.39, 0.29) is 5.92 Å². The van der Waals surface area contributed by atoms with Crippen LogP contribution in [0.25, 0.3) is 0 Å². The van der Waals surface area contributed by atoms with E-state index < -0.39 is 0 Å². The largest absolute Gasteiger partial charge is 0.381 e. The normalized spacial score (nSPS) is 57.6. The van der Waals surface area contributed by atoms with Crippen LogP contribution in [0.1, 0.15) is 44.9 Å². The highest BCUT2D eigenvalue weighted by Crippen LogP contribution is 2.57. The fraction of sp³-hybridized carbons (Fsp3) is 0.952. The van der Waals surface area contributed by atoms with Crippen molar-refractivity contribution in [3.63, 3.8) is 0 Å². The quantitative estimate of drug-likeness (QED) is 0.660. The number of rotatable bonds is 1. The second kappa shape index (κ2) is 5.92. The van der Waals surface area contributed by atoms with Crippen LogP contribution < -0.4 is 16.0 Å². The average molecular weight is 360 g/mol. The maximum absolute atomic E-state index is 12.9. The monoisotopic (exact) mass is 359 g/mol. The van der Waals surface area contributed by atoms with Crippen molar-refractivity contribution in [1.29, 1.82) is 0 Å². The van der Waals surface area contributed by atoms with E-state index in [2.05, 4.69) is 16.0 Å². The molecule has 11 atom stereocenters. The topological polar surface area (TPSA) is 62.4 Å². The van der Waals surface area contributed by atoms with Gasteiger partial charge >= 0.3 is 0 Å². The molecule has 0 bridgehead atoms. The Labute approximate surface area is 156 Å². The molecule has 1 amide bonds. The Hall–Kier alpha value is -0.650. The molecule has 3 saturated carbocycles. The summed E-state index contributed by atoms with van der Waals surface area (Å²) in [6, 6.07) is 2.36. The highest BCUT2D eigenvalue weighted by molar-refractivity contribution is 5.82. The minimum absolute atomic E-state index is 0.255. The van der Waals surface area contributed by atoms with E-state index in [1.165, 1.54) is 44.9 Å². The zero-order valence-corrected chi connectivity index (χ0v) is 15.8. The lowest BCUT2D eigenvalue weighted by Gasteiger charge is -2.46. The van der Waals surface area contributed by atoms with Crippen LogP contribution in [0.5, 0.6) is 0 Å². The van der Waals surface area contributed by atoms with Crippen LogP contribution in [0.2, 0.25) is 0 Å². The predicted octanol–water partition coefficient (Wildman–Crippen LogP) is 1.28. The lowest BCUT2D eigenvalue weighted by Crippen LogP contribution is -2.58. The maximum atomic E-state index is 12.9. The number of nitrogens with one attached hydrogen (secondary N) is 3. The molecule has 144 valence electrons. The SMILES string of the molecule is COC1CCC2NC3C4NC5CCCCC5C4C4C(=O)NCC4C3C2C1. The fourth-order valence-electron chi connectivity index (χ4n) is 8.34. The van der Waals surface area contributed by atoms with Gasteiger partial charge in [-0.05, 0) is 61.7 Å². The highest BCUT2D eigenvalue weighted by atomic mass is 16.5. The summed E-state index contributed by atoms with van der Waals surface area (Å²) < 4.78 is 5.75. The van der Waals surface area contributed by atoms with E-state index >= 15 is 0 Å². The molecule has 6 rings (SSSR count). The minimum atomic E-state index is 0.255. The van der Waals surface area contributed by atoms with Crippen LogP contribution in [-0.2, 0) is 9.53 Å². The number of fused-ring (bicyclic) bond motifs is 10. The third-order valence-electron chi connectivity index (χ3n) is 9.21. The second-order valence-electron chi connectivity index (χ2n) is 9.97. The number of hydrogen-bond donors (Lipinski definition) is 3. The molecule has 3 N–H and O–H groups in total. The molecule has 0 aromatic heterocycles. The summed E-state index contributed by atoms with van der Waals surface area (Å²) in [7, 11) is 1.87. The number of carbonyl (C=O) groups excluding carboxylic acids is 1. The third kappa shape index (κ3) is 2.11. The van der Waals surface area contributed by atoms with Crippen LogP contribution in [0.3, 0.4) is 0 Å². The molecule has 3 aliphatic heterocycles. The van der Waals surface area contributed by atoms with Gasteiger partial charge in [0, 0.05) is 43.7 Å². The average Bonchev–Trinajstić information content (AvgIpc) is 3.33. The van der Waals surface area contributed by atoms with Gasteiger partial charge in [-0.25, -0.2) is 0 Å². The molecule has 11 unspecified atom stereocenters. The molecular formula is C21H33N3O2. The Morgan fingerprint density at radius 3 is 2.50 bits per heavy atom. The first-order valence-electron chi connectivity index (χ1n) is 11.1. The second-order valence-corrected chi connectivity index (χ2v) is 9.97. The van der Waals surface area contributed by atoms with Crippen molar-refractivity contribution in [2.75, 3.05) is 13.7 Å². The maximum Gasteiger partial charge on any atom is 0.223 e. The zero-order valence-electron chi connectivity index (χ0n) is 15.8. The van der Waals surface area contributed by atoms with E-state index in [1.807, 2.05) is 7.11 Å². The number of ether oxygens (including phenoxy) is 1. The van der Waals surface area contributed by atoms with Crippen molar-refractivity contribution in [1.82, 2.24) is 16.0 Å². The summed E-state index contributed by atoms with van der Waals surface area (Å²) in [5.41, 5.74) is 0. The fourth-order valence-corrected chi connectivity index (χ4v) is 8.34. The molecule has 6 aliphatic rings. The molecule has 5 nitrogen and oxygen atoms in total. The van der Waals surface area contributed by atoms with Gasteiger partial charge < -0.3 is 20.7 Å². The van der Waals surface area contributed by atoms with Crippen LogP contribution in [0.15, 0.2) is 0 Å². The summed E-state index contributed by atoms with van der Waals surface area (Å²) in [6.07, 6.45) is 9.36. The van der Waals surface area contributed by atoms with Gasteiger partial charge in [-0.3, -0.25) is 4.79 Å². The van der Waals surface area contributed by atoms with Gasteiger partial charge in [0.25, 0.3) is 0 Å². The Morgan fingerprint density at radius 1 is 0.885 bits per heavy atom. The molecular weight excluding hydrogens is 326 g/mol. The minimum Gasteiger partial charge on any atom is -0.381 e. The predicted molar refractivity (Wildman–Crippen MR) is 98.5 cm³/mol. The molecule has 0 spiro atoms. The molecule has 3 heterocycles. The molecule has 0 radical (unpaired) electrons. The van der Waals surface area contributed by atoms with Gasteiger partial charge in [-0.1, -0.05) is 12.8 Å². The number of hydrogen-bond acceptors (Lipinski definition) is 4. The lowest BCUT2D eigenvalue weighted by atomic mass is 9.57. The van der Waals surface area contributed by atoms with Crippen molar-refractivity contribution in [3.05, 3.63) is 0 Å². The van der Waals surface area contributed by atoms with E-state index in [4.69, 9.17) is 4.74 Å². The Bertz CT molecular complexity index is 598. The number of methoxy groups -OCH3 is 1. The molecule has 0 aromatic rings. The lowest BCUT2D eigenvalue weighted by molar-refractivity contribution is -0.127. The van der Waals surface area contributed by atoms with Crippen molar-refractivity contribution in [2.24, 2.45) is 35.5 Å². The zero-order chi connectivity index (χ0) is 17.4. The first-order chi connectivity index (χ1) is 12.8. The van der Waals surface area contributed by atoms with E-state index in [9.17, 15) is 4.79 Å². The van der Waals surface area contributed by atoms with Crippen LogP contribution in [0.4, 0.5) is 0 Å². The summed E-state index contributed by atoms with van der Waals surface area (Å²) in [5, 5.41) is 11.4. The molecule has 26 heavy (non-hydrogen) atoms. The first kappa shape index (κ1) is 16.3. The van der Waals surface area contributed by atoms with Crippen molar-refractivity contribution in [2.45, 2.75) is 75.2 Å². The van der Waals surface area contributed by atoms with Crippen molar-refractivity contribution >= 4 is 5.91 Å². The number of carbonyl (C=O) groups is 1. The van der Waals surface area contributed by atoms with Crippen molar-refractivity contribution in [3.8, 4) is 0 Å². The molecule has 6 fully saturated rings. The first-order valence-corrected chi connectivity index (χ1v) is 11.1. The van der Waals surface area contributed by atoms with Gasteiger partial charge in [0.15, 0.2) is 0 Å². The summed E-state index contributed by atoms with van der Waals surface area (Å²) in [4.78, 5) is 12.9. The van der Waals surface area contributed by atoms with Gasteiger partial charge in [0.2, 0.25) is 5.91 Å². The van der Waals surface area contributed by atoms with Gasteiger partial charge in [-0.15, -0.1) is 0 Å². The van der Waals surface area contributed by atoms with Gasteiger partial charge in [0.1, 0.15) is 0 Å². The van der Waals surface area contributed by atoms with Crippen LogP contribution >= 0.6 is 0 Å². The summed E-state index contributed by atoms with van der Waals surface area (Å²) in [6.45, 7) is 0.911. The molecule has 3 saturated heterocycles. The summed E-state index contributed by atoms with van der Waals surface area (Å²) in [5.74, 6) is 3.75. The van der Waals surface area contributed by atoms with Gasteiger partial charge in [0.05, 0.1) is 6.10 Å². The van der Waals surface area contributed by atoms with E-state index in [1.54, 1.807) is 0 Å². The molecule has 3 aliphatic carbocycles. The van der Waals surface area contributed by atoms with Gasteiger partial charge in [-0.2, -0.15) is 0 Å². The van der Waals surface area contributed by atoms with E-state index in [0.29, 0.717) is 59.9 Å². The number of amides is 1. The van der Waals surface area contributed by atoms with Crippen LogP contribution in [-0.4, -0.2) is 49.8 Å². The highest BCUT2D eigenvalue weighted by Gasteiger charge is 2.65. The van der Waals surface area contributed by atoms with Crippen LogP contribution in [0, 0.1) is 35.5 Å². The molecule has 5 heteroatoms.